The number of amides is 1. The van der Waals surface area contributed by atoms with Crippen LogP contribution in [0.5, 0.6) is 0 Å². The normalized spacial score (nSPS) is 23.4. The van der Waals surface area contributed by atoms with Gasteiger partial charge in [0.1, 0.15) is 0 Å². The highest BCUT2D eigenvalue weighted by Crippen LogP contribution is 2.17. The number of piperidine rings is 1. The van der Waals surface area contributed by atoms with Gasteiger partial charge in [-0.2, -0.15) is 0 Å². The van der Waals surface area contributed by atoms with Crippen molar-refractivity contribution in [3.05, 3.63) is 0 Å². The Kier molecular flexibility index (Phi) is 6.52. The van der Waals surface area contributed by atoms with Crippen molar-refractivity contribution in [3.63, 3.8) is 0 Å². The number of carbonyl (C=O) groups is 1. The van der Waals surface area contributed by atoms with E-state index in [-0.39, 0.29) is 11.9 Å². The number of nitrogens with one attached hydrogen (secondary N) is 1. The Morgan fingerprint density at radius 3 is 3.00 bits per heavy atom. The third-order valence-corrected chi connectivity index (χ3v) is 3.64. The summed E-state index contributed by atoms with van der Waals surface area (Å²) in [5.41, 5.74) is 5.71. The van der Waals surface area contributed by atoms with Gasteiger partial charge in [0.25, 0.3) is 0 Å². The molecule has 0 bridgehead atoms. The minimum absolute atomic E-state index is 0.0128. The maximum atomic E-state index is 11.9. The topological polar surface area (TPSA) is 58.4 Å². The maximum absolute atomic E-state index is 11.9. The van der Waals surface area contributed by atoms with Crippen LogP contribution < -0.4 is 11.1 Å². The van der Waals surface area contributed by atoms with E-state index in [9.17, 15) is 4.79 Å². The third-order valence-electron chi connectivity index (χ3n) is 3.64. The second kappa shape index (κ2) is 7.67. The third kappa shape index (κ3) is 4.64. The first-order valence-electron chi connectivity index (χ1n) is 6.90. The molecule has 4 nitrogen and oxygen atoms in total. The Bertz CT molecular complexity index is 233. The molecule has 1 amide bonds. The summed E-state index contributed by atoms with van der Waals surface area (Å²) in [6.07, 6.45) is 4.54. The minimum atomic E-state index is -0.0128. The molecule has 1 fully saturated rings. The second-order valence-corrected chi connectivity index (χ2v) is 5.06. The van der Waals surface area contributed by atoms with Gasteiger partial charge in [0.05, 0.1) is 6.04 Å². The molecule has 1 aliphatic heterocycles. The van der Waals surface area contributed by atoms with Crippen LogP contribution in [0.2, 0.25) is 0 Å². The average molecular weight is 241 g/mol. The Hall–Kier alpha value is -0.610. The van der Waals surface area contributed by atoms with Crippen molar-refractivity contribution in [1.82, 2.24) is 10.2 Å². The molecule has 0 aromatic rings. The molecule has 3 N–H and O–H groups in total. The lowest BCUT2D eigenvalue weighted by Crippen LogP contribution is -2.50. The zero-order chi connectivity index (χ0) is 12.7. The van der Waals surface area contributed by atoms with Crippen LogP contribution in [0.4, 0.5) is 0 Å². The molecule has 1 rings (SSSR count). The van der Waals surface area contributed by atoms with E-state index >= 15 is 0 Å². The van der Waals surface area contributed by atoms with Crippen LogP contribution in [0.1, 0.15) is 39.5 Å². The lowest BCUT2D eigenvalue weighted by Gasteiger charge is -2.35. The van der Waals surface area contributed by atoms with Gasteiger partial charge in [0, 0.05) is 13.1 Å². The van der Waals surface area contributed by atoms with Crippen LogP contribution >= 0.6 is 0 Å². The number of rotatable bonds is 6. The number of likely N-dealkylation sites (tertiary alicyclic amines) is 1. The maximum Gasteiger partial charge on any atom is 0.237 e. The first-order chi connectivity index (χ1) is 8.19. The molecule has 17 heavy (non-hydrogen) atoms. The monoisotopic (exact) mass is 241 g/mol. The fraction of sp³-hybridized carbons (Fsp3) is 0.923. The number of hydrogen-bond acceptors (Lipinski definition) is 3. The molecular weight excluding hydrogens is 214 g/mol. The molecule has 2 atom stereocenters. The van der Waals surface area contributed by atoms with E-state index in [1.54, 1.807) is 0 Å². The van der Waals surface area contributed by atoms with Crippen molar-refractivity contribution >= 4 is 5.91 Å². The number of hydrogen-bond donors (Lipinski definition) is 2. The van der Waals surface area contributed by atoms with Gasteiger partial charge < -0.3 is 11.1 Å². The van der Waals surface area contributed by atoms with E-state index in [1.165, 1.54) is 6.42 Å². The summed E-state index contributed by atoms with van der Waals surface area (Å²) in [5.74, 6) is 0.728. The van der Waals surface area contributed by atoms with Gasteiger partial charge in [-0.3, -0.25) is 9.69 Å². The predicted octanol–water partition coefficient (Wildman–Crippen LogP) is 0.962. The quantitative estimate of drug-likeness (QED) is 0.681. The van der Waals surface area contributed by atoms with Crippen LogP contribution in [0.3, 0.4) is 0 Å². The molecule has 1 saturated heterocycles. The number of nitrogens with two attached hydrogens (primary N) is 1. The van der Waals surface area contributed by atoms with E-state index in [0.717, 1.165) is 45.4 Å². The fourth-order valence-corrected chi connectivity index (χ4v) is 2.34. The number of carbonyl (C=O) groups excluding carboxylic acids is 1. The predicted molar refractivity (Wildman–Crippen MR) is 70.7 cm³/mol. The molecule has 100 valence electrons. The zero-order valence-corrected chi connectivity index (χ0v) is 11.2. The molecule has 0 aromatic carbocycles. The summed E-state index contributed by atoms with van der Waals surface area (Å²) in [4.78, 5) is 14.2. The molecule has 4 heteroatoms. The summed E-state index contributed by atoms with van der Waals surface area (Å²) in [5, 5.41) is 3.00. The van der Waals surface area contributed by atoms with Crippen molar-refractivity contribution in [2.45, 2.75) is 45.6 Å². The highest BCUT2D eigenvalue weighted by atomic mass is 16.2. The summed E-state index contributed by atoms with van der Waals surface area (Å²) in [6, 6.07) is -0.0128. The lowest BCUT2D eigenvalue weighted by atomic mass is 9.97. The van der Waals surface area contributed by atoms with Crippen molar-refractivity contribution in [2.24, 2.45) is 11.7 Å². The first-order valence-corrected chi connectivity index (χ1v) is 6.90. The number of nitrogens with zero attached hydrogens (tertiary/aromatic N) is 1. The fourth-order valence-electron chi connectivity index (χ4n) is 2.34. The van der Waals surface area contributed by atoms with Crippen LogP contribution in [-0.4, -0.2) is 43.0 Å². The Balaban J connectivity index is 2.34. The summed E-state index contributed by atoms with van der Waals surface area (Å²) < 4.78 is 0. The molecule has 1 aliphatic rings. The van der Waals surface area contributed by atoms with E-state index in [1.807, 2.05) is 6.92 Å². The van der Waals surface area contributed by atoms with Crippen molar-refractivity contribution in [2.75, 3.05) is 26.2 Å². The van der Waals surface area contributed by atoms with Crippen LogP contribution in [0.15, 0.2) is 0 Å². The molecule has 0 saturated carbocycles. The molecule has 0 spiro atoms. The SMILES string of the molecule is CCCCNC(=O)C(C)N1CCCC(CN)C1. The van der Waals surface area contributed by atoms with E-state index in [2.05, 4.69) is 17.1 Å². The lowest BCUT2D eigenvalue weighted by molar-refractivity contribution is -0.126. The molecule has 0 radical (unpaired) electrons. The van der Waals surface area contributed by atoms with Gasteiger partial charge in [-0.1, -0.05) is 13.3 Å². The van der Waals surface area contributed by atoms with Gasteiger partial charge >= 0.3 is 0 Å². The highest BCUT2D eigenvalue weighted by Gasteiger charge is 2.26. The van der Waals surface area contributed by atoms with Crippen LogP contribution in [0.25, 0.3) is 0 Å². The van der Waals surface area contributed by atoms with Crippen LogP contribution in [-0.2, 0) is 4.79 Å². The van der Waals surface area contributed by atoms with Crippen LogP contribution in [0, 0.1) is 5.92 Å². The molecule has 2 unspecified atom stereocenters. The second-order valence-electron chi connectivity index (χ2n) is 5.06. The molecule has 1 heterocycles. The van der Waals surface area contributed by atoms with E-state index in [0.29, 0.717) is 5.92 Å². The van der Waals surface area contributed by atoms with Gasteiger partial charge in [-0.25, -0.2) is 0 Å². The van der Waals surface area contributed by atoms with Crippen molar-refractivity contribution in [3.8, 4) is 0 Å². The average Bonchev–Trinajstić information content (AvgIpc) is 2.38. The molecular formula is C13H27N3O. The van der Waals surface area contributed by atoms with Gasteiger partial charge in [-0.05, 0) is 45.2 Å². The Morgan fingerprint density at radius 2 is 2.35 bits per heavy atom. The van der Waals surface area contributed by atoms with Crippen molar-refractivity contribution < 1.29 is 4.79 Å². The van der Waals surface area contributed by atoms with Crippen molar-refractivity contribution in [1.29, 1.82) is 0 Å². The highest BCUT2D eigenvalue weighted by molar-refractivity contribution is 5.81. The summed E-state index contributed by atoms with van der Waals surface area (Å²) >= 11 is 0. The zero-order valence-electron chi connectivity index (χ0n) is 11.2. The Morgan fingerprint density at radius 1 is 1.59 bits per heavy atom. The summed E-state index contributed by atoms with van der Waals surface area (Å²) in [6.45, 7) is 7.67. The van der Waals surface area contributed by atoms with E-state index < -0.39 is 0 Å². The standard InChI is InChI=1S/C13H27N3O/c1-3-4-7-15-13(17)11(2)16-8-5-6-12(9-14)10-16/h11-12H,3-10,14H2,1-2H3,(H,15,17). The molecule has 0 aliphatic carbocycles. The van der Waals surface area contributed by atoms with Gasteiger partial charge in [0.2, 0.25) is 5.91 Å². The Labute approximate surface area is 105 Å². The van der Waals surface area contributed by atoms with Gasteiger partial charge in [0.15, 0.2) is 0 Å². The van der Waals surface area contributed by atoms with E-state index in [4.69, 9.17) is 5.73 Å². The largest absolute Gasteiger partial charge is 0.355 e. The minimum Gasteiger partial charge on any atom is -0.355 e. The first kappa shape index (κ1) is 14.5. The number of unbranched alkanes of at least 4 members (excludes halogenated alkanes) is 1. The smallest absolute Gasteiger partial charge is 0.237 e. The summed E-state index contributed by atoms with van der Waals surface area (Å²) in [7, 11) is 0. The molecule has 0 aromatic heterocycles. The van der Waals surface area contributed by atoms with Gasteiger partial charge in [-0.15, -0.1) is 0 Å².